The van der Waals surface area contributed by atoms with E-state index in [1.807, 2.05) is 111 Å². The van der Waals surface area contributed by atoms with E-state index in [0.717, 1.165) is 81.4 Å². The molecule has 21 nitrogen and oxygen atoms in total. The first-order chi connectivity index (χ1) is 52.2. The van der Waals surface area contributed by atoms with Crippen molar-refractivity contribution in [2.24, 2.45) is 4.99 Å². The van der Waals surface area contributed by atoms with Gasteiger partial charge in [-0.25, -0.2) is 33.6 Å². The number of esters is 3. The van der Waals surface area contributed by atoms with Crippen LogP contribution in [0.15, 0.2) is 281 Å². The number of phenols is 1. The Kier molecular flexibility index (Phi) is 30.7. The average molecular weight is 1590 g/mol. The highest BCUT2D eigenvalue weighted by atomic mass is 79.9. The molecule has 552 valence electrons. The van der Waals surface area contributed by atoms with Crippen molar-refractivity contribution in [3.8, 4) is 72.5 Å². The van der Waals surface area contributed by atoms with Gasteiger partial charge in [0.05, 0.1) is 66.0 Å². The number of nitrogens with two attached hydrogens (primary N) is 3. The van der Waals surface area contributed by atoms with Crippen LogP contribution in [-0.4, -0.2) is 112 Å². The number of hydrogen-bond donors (Lipinski definition) is 10. The van der Waals surface area contributed by atoms with E-state index in [2.05, 4.69) is 41.6 Å². The van der Waals surface area contributed by atoms with Gasteiger partial charge < -0.3 is 67.0 Å². The summed E-state index contributed by atoms with van der Waals surface area (Å²) >= 11 is 6.58. The van der Waals surface area contributed by atoms with Gasteiger partial charge in [-0.2, -0.15) is 0 Å². The predicted molar refractivity (Wildman–Crippen MR) is 432 cm³/mol. The zero-order valence-corrected chi connectivity index (χ0v) is 62.4. The number of benzene rings is 12. The molecule has 0 aliphatic carbocycles. The number of anilines is 3. The predicted octanol–water partition coefficient (Wildman–Crippen LogP) is 17.0. The van der Waals surface area contributed by atoms with Gasteiger partial charge in [0.2, 0.25) is 0 Å². The van der Waals surface area contributed by atoms with Crippen molar-refractivity contribution in [1.29, 1.82) is 0 Å². The highest BCUT2D eigenvalue weighted by Crippen LogP contribution is 2.37. The summed E-state index contributed by atoms with van der Waals surface area (Å²) in [5.74, 6) is -5.01. The SMILES string of the molecule is CC.COC(=O)c1ccc(-c2ccc(-c3ccc(C(=O)OC)cc3)c(N)c2)cc1.COC(=O)c1ccc(B(O)O)cc1.Nc1cc(-c2ccc(C(=O)O)cc2)ccc1-c1ccc(C(=O)O)cc1.Nc1cc(Br)ccc1Br.O=C(O)c1ccc(-c2ccc(-c3ccc(C(=O)O)cc3)c(N=Cc3ccccc3O)c2)cc1. The van der Waals surface area contributed by atoms with Gasteiger partial charge in [-0.3, -0.25) is 4.99 Å². The minimum Gasteiger partial charge on any atom is -0.507 e. The van der Waals surface area contributed by atoms with E-state index in [-0.39, 0.29) is 39.9 Å². The zero-order chi connectivity index (χ0) is 79.4. The molecular weight excluding hydrogens is 1520 g/mol. The number of methoxy groups -OCH3 is 3. The first-order valence-electron chi connectivity index (χ1n) is 33.0. The summed E-state index contributed by atoms with van der Waals surface area (Å²) in [6, 6.07) is 75.8. The number of phenolic OH excluding ortho intramolecular Hbond substituents is 1. The zero-order valence-electron chi connectivity index (χ0n) is 59.2. The maximum Gasteiger partial charge on any atom is 0.488 e. The van der Waals surface area contributed by atoms with Crippen molar-refractivity contribution in [2.75, 3.05) is 38.5 Å². The van der Waals surface area contributed by atoms with Gasteiger partial charge in [0, 0.05) is 54.5 Å². The molecule has 0 atom stereocenters. The minimum atomic E-state index is -1.51. The third kappa shape index (κ3) is 23.4. The minimum absolute atomic E-state index is 0.106. The number of para-hydroxylation sites is 1. The monoisotopic (exact) mass is 1590 g/mol. The summed E-state index contributed by atoms with van der Waals surface area (Å²) in [5, 5.41) is 63.8. The van der Waals surface area contributed by atoms with Crippen LogP contribution in [-0.2, 0) is 14.2 Å². The lowest BCUT2D eigenvalue weighted by Gasteiger charge is -2.10. The maximum absolute atomic E-state index is 11.5. The Hall–Kier alpha value is -13.3. The van der Waals surface area contributed by atoms with E-state index >= 15 is 0 Å². The molecule has 0 bridgehead atoms. The van der Waals surface area contributed by atoms with Gasteiger partial charge in [0.25, 0.3) is 0 Å². The molecule has 12 aromatic rings. The fourth-order valence-corrected chi connectivity index (χ4v) is 10.9. The first kappa shape index (κ1) is 83.0. The van der Waals surface area contributed by atoms with Crippen LogP contribution in [0.2, 0.25) is 0 Å². The number of carboxylic acids is 4. The number of rotatable bonds is 16. The van der Waals surface area contributed by atoms with Crippen molar-refractivity contribution in [2.45, 2.75) is 13.8 Å². The Balaban J connectivity index is 0.000000199. The summed E-state index contributed by atoms with van der Waals surface area (Å²) in [6.07, 6.45) is 1.57. The second kappa shape index (κ2) is 40.3. The van der Waals surface area contributed by atoms with Crippen molar-refractivity contribution < 1.29 is 83.4 Å². The number of carbonyl (C=O) groups is 7. The van der Waals surface area contributed by atoms with E-state index in [0.29, 0.717) is 44.8 Å². The van der Waals surface area contributed by atoms with E-state index in [4.69, 9.17) is 57.1 Å². The Morgan fingerprint density at radius 3 is 0.972 bits per heavy atom. The molecule has 0 radical (unpaired) electrons. The van der Waals surface area contributed by atoms with Crippen molar-refractivity contribution >= 4 is 115 Å². The van der Waals surface area contributed by atoms with Crippen LogP contribution < -0.4 is 22.7 Å². The Morgan fingerprint density at radius 2 is 0.661 bits per heavy atom. The second-order valence-corrected chi connectivity index (χ2v) is 24.7. The molecule has 13 N–H and O–H groups in total. The normalized spacial score (nSPS) is 10.2. The van der Waals surface area contributed by atoms with Crippen molar-refractivity contribution in [3.05, 3.63) is 320 Å². The number of carbonyl (C=O) groups excluding carboxylic acids is 3. The summed E-state index contributed by atoms with van der Waals surface area (Å²) in [4.78, 5) is 82.8. The van der Waals surface area contributed by atoms with Gasteiger partial charge in [-0.1, -0.05) is 163 Å². The summed E-state index contributed by atoms with van der Waals surface area (Å²) in [7, 11) is 2.49. The lowest BCUT2D eigenvalue weighted by Crippen LogP contribution is -2.29. The molecule has 0 aliphatic rings. The molecular formula is C85H73BBr2N4O17. The van der Waals surface area contributed by atoms with Gasteiger partial charge in [0.1, 0.15) is 5.75 Å². The number of ether oxygens (including phenoxy) is 3. The van der Waals surface area contributed by atoms with Crippen molar-refractivity contribution in [1.82, 2.24) is 0 Å². The molecule has 0 unspecified atom stereocenters. The fraction of sp³-hybridized carbons (Fsp3) is 0.0588. The quantitative estimate of drug-likeness (QED) is 0.0141. The highest BCUT2D eigenvalue weighted by Gasteiger charge is 2.16. The second-order valence-electron chi connectivity index (χ2n) is 23.0. The van der Waals surface area contributed by atoms with Crippen LogP contribution in [0.25, 0.3) is 66.8 Å². The topological polar surface area (TPSA) is 379 Å². The Labute approximate surface area is 644 Å². The molecule has 109 heavy (non-hydrogen) atoms. The summed E-state index contributed by atoms with van der Waals surface area (Å²) < 4.78 is 15.8. The molecule has 0 fully saturated rings. The molecule has 0 aromatic heterocycles. The molecule has 0 saturated carbocycles. The number of aliphatic imine (C=N–C) groups is 1. The third-order valence-corrected chi connectivity index (χ3v) is 17.3. The number of hydrogen-bond acceptors (Lipinski definition) is 17. The molecule has 12 rings (SSSR count). The lowest BCUT2D eigenvalue weighted by molar-refractivity contribution is 0.0592. The molecule has 0 saturated heterocycles. The van der Waals surface area contributed by atoms with Gasteiger partial charge in [0.15, 0.2) is 0 Å². The third-order valence-electron chi connectivity index (χ3n) is 16.0. The molecule has 0 heterocycles. The molecule has 24 heteroatoms. The molecule has 0 aliphatic heterocycles. The number of aromatic hydroxyl groups is 1. The van der Waals surface area contributed by atoms with Gasteiger partial charge in [-0.15, -0.1) is 0 Å². The lowest BCUT2D eigenvalue weighted by atomic mass is 9.80. The van der Waals surface area contributed by atoms with E-state index in [1.165, 1.54) is 69.9 Å². The van der Waals surface area contributed by atoms with Crippen LogP contribution in [0, 0.1) is 0 Å². The number of halogens is 2. The van der Waals surface area contributed by atoms with Crippen LogP contribution in [0.3, 0.4) is 0 Å². The van der Waals surface area contributed by atoms with Crippen LogP contribution in [0.1, 0.15) is 91.9 Å². The fourth-order valence-electron chi connectivity index (χ4n) is 10.2. The smallest absolute Gasteiger partial charge is 0.488 e. The van der Waals surface area contributed by atoms with E-state index in [9.17, 15) is 38.7 Å². The van der Waals surface area contributed by atoms with Crippen molar-refractivity contribution in [3.63, 3.8) is 0 Å². The average Bonchev–Trinajstić information content (AvgIpc) is 0.828. The van der Waals surface area contributed by atoms with Gasteiger partial charge >= 0.3 is 48.9 Å². The van der Waals surface area contributed by atoms with Gasteiger partial charge in [-0.05, 0) is 205 Å². The molecule has 0 spiro atoms. The Bertz CT molecular complexity index is 5200. The number of aromatic carboxylic acids is 4. The van der Waals surface area contributed by atoms with E-state index < -0.39 is 37.0 Å². The summed E-state index contributed by atoms with van der Waals surface area (Å²) in [6.45, 7) is 4.00. The number of carboxylic acid groups (broad SMARTS) is 4. The molecule has 0 amide bonds. The first-order valence-corrected chi connectivity index (χ1v) is 34.6. The van der Waals surface area contributed by atoms with E-state index in [1.54, 1.807) is 128 Å². The standard InChI is InChI=1S/C27H19NO5.C22H19NO4.C20H15NO4.C8H9BO4.C6H5Br2N.C2H6/c29-25-4-2-1-3-22(25)16-28-24-15-21(17-5-9-19(10-6-17)26(30)31)13-14-23(24)18-7-11-20(12-8-18)27(32)33;1-26-21(24)16-7-3-14(4-8-16)18-11-12-19(20(23)13-18)15-5-9-17(10-6-15)22(25)27-2;21-18-11-16(12-1-5-14(6-2-12)19(22)23)9-10-17(18)13-3-7-15(8-4-13)20(24)25;1-13-8(10)6-2-4-7(5-3-6)9(11)12;7-4-1-2-5(8)6(9)3-4;1-2/h1-16,29H,(H,30,31)(H,32,33);3-13H,23H2,1-2H3;1-11H,21H2,(H,22,23)(H,24,25);2-5,11-12H,1H3;1-3H,9H2;1-2H3. The number of nitrogens with zero attached hydrogens (tertiary/aromatic N) is 1. The summed E-state index contributed by atoms with van der Waals surface area (Å²) in [5.41, 5.74) is 33.9. The van der Waals surface area contributed by atoms with Crippen LogP contribution in [0.5, 0.6) is 5.75 Å². The Morgan fingerprint density at radius 1 is 0.358 bits per heavy atom. The maximum atomic E-state index is 11.5. The largest absolute Gasteiger partial charge is 0.507 e. The van der Waals surface area contributed by atoms with Crippen LogP contribution in [0.4, 0.5) is 22.7 Å². The molecule has 12 aromatic carbocycles. The highest BCUT2D eigenvalue weighted by molar-refractivity contribution is 9.11. The van der Waals surface area contributed by atoms with Crippen LogP contribution >= 0.6 is 31.9 Å². The number of nitrogen functional groups attached to an aromatic ring is 3.